The van der Waals surface area contributed by atoms with E-state index in [4.69, 9.17) is 4.74 Å². The van der Waals surface area contributed by atoms with Crippen molar-refractivity contribution < 1.29 is 22.7 Å². The van der Waals surface area contributed by atoms with E-state index in [-0.39, 0.29) is 17.4 Å². The van der Waals surface area contributed by atoms with Gasteiger partial charge in [-0.05, 0) is 74.0 Å². The first kappa shape index (κ1) is 22.0. The molecule has 0 aliphatic rings. The second-order valence-corrected chi connectivity index (χ2v) is 8.38. The van der Waals surface area contributed by atoms with Gasteiger partial charge in [0.05, 0.1) is 22.8 Å². The highest BCUT2D eigenvalue weighted by molar-refractivity contribution is 7.92. The number of ether oxygens (including phenoxy) is 1. The molecule has 0 saturated carbocycles. The fourth-order valence-electron chi connectivity index (χ4n) is 2.83. The van der Waals surface area contributed by atoms with Crippen LogP contribution in [0.15, 0.2) is 77.7 Å². The second-order valence-electron chi connectivity index (χ2n) is 6.70. The van der Waals surface area contributed by atoms with Gasteiger partial charge in [-0.1, -0.05) is 18.2 Å². The van der Waals surface area contributed by atoms with Crippen LogP contribution in [0.5, 0.6) is 0 Å². The van der Waals surface area contributed by atoms with Crippen LogP contribution in [0.4, 0.5) is 11.4 Å². The van der Waals surface area contributed by atoms with E-state index in [9.17, 15) is 18.0 Å². The van der Waals surface area contributed by atoms with Gasteiger partial charge in [0, 0.05) is 11.3 Å². The number of hydrogen-bond donors (Lipinski definition) is 2. The molecular weight excluding hydrogens is 416 g/mol. The molecular formula is C23H22N2O5S. The predicted octanol–water partition coefficient (Wildman–Crippen LogP) is 4.22. The number of benzene rings is 3. The number of sulfonamides is 1. The molecule has 3 rings (SSSR count). The fourth-order valence-corrected chi connectivity index (χ4v) is 3.98. The van der Waals surface area contributed by atoms with E-state index >= 15 is 0 Å². The topological polar surface area (TPSA) is 102 Å². The Balaban J connectivity index is 1.71. The highest BCUT2D eigenvalue weighted by atomic mass is 32.2. The van der Waals surface area contributed by atoms with Crippen LogP contribution >= 0.6 is 0 Å². The highest BCUT2D eigenvalue weighted by Crippen LogP contribution is 2.22. The van der Waals surface area contributed by atoms with Crippen molar-refractivity contribution in [3.8, 4) is 0 Å². The van der Waals surface area contributed by atoms with E-state index in [0.29, 0.717) is 28.1 Å². The maximum Gasteiger partial charge on any atom is 0.338 e. The quantitative estimate of drug-likeness (QED) is 0.538. The largest absolute Gasteiger partial charge is 0.462 e. The summed E-state index contributed by atoms with van der Waals surface area (Å²) in [7, 11) is -3.72. The molecule has 0 aliphatic heterocycles. The molecule has 0 heterocycles. The maximum absolute atomic E-state index is 12.6. The SMILES string of the molecule is CCOC(=O)c1ccc(NC(=O)c2ccc(NS(=O)(=O)c3ccccc3)c(C)c2)cc1. The average Bonchev–Trinajstić information content (AvgIpc) is 2.76. The molecule has 0 spiro atoms. The summed E-state index contributed by atoms with van der Waals surface area (Å²) in [6, 6.07) is 19.1. The van der Waals surface area contributed by atoms with Crippen molar-refractivity contribution in [1.29, 1.82) is 0 Å². The molecule has 0 saturated heterocycles. The Morgan fingerprint density at radius 2 is 1.55 bits per heavy atom. The molecule has 0 aromatic heterocycles. The molecule has 160 valence electrons. The Morgan fingerprint density at radius 3 is 2.16 bits per heavy atom. The molecule has 0 fully saturated rings. The van der Waals surface area contributed by atoms with Gasteiger partial charge >= 0.3 is 5.97 Å². The molecule has 0 aliphatic carbocycles. The van der Waals surface area contributed by atoms with Gasteiger partial charge in [0.25, 0.3) is 15.9 Å². The number of amides is 1. The molecule has 3 aromatic rings. The van der Waals surface area contributed by atoms with E-state index in [1.165, 1.54) is 18.2 Å². The number of anilines is 2. The monoisotopic (exact) mass is 438 g/mol. The van der Waals surface area contributed by atoms with Gasteiger partial charge in [0.15, 0.2) is 0 Å². The number of nitrogens with one attached hydrogen (secondary N) is 2. The molecule has 0 radical (unpaired) electrons. The minimum Gasteiger partial charge on any atom is -0.462 e. The van der Waals surface area contributed by atoms with Crippen LogP contribution in [0.2, 0.25) is 0 Å². The normalized spacial score (nSPS) is 10.9. The fraction of sp³-hybridized carbons (Fsp3) is 0.130. The van der Waals surface area contributed by atoms with E-state index in [1.54, 1.807) is 68.4 Å². The van der Waals surface area contributed by atoms with Gasteiger partial charge < -0.3 is 10.1 Å². The van der Waals surface area contributed by atoms with E-state index in [0.717, 1.165) is 0 Å². The van der Waals surface area contributed by atoms with Gasteiger partial charge in [0.2, 0.25) is 0 Å². The molecule has 3 aromatic carbocycles. The lowest BCUT2D eigenvalue weighted by Gasteiger charge is -2.12. The minimum atomic E-state index is -3.72. The summed E-state index contributed by atoms with van der Waals surface area (Å²) in [6.45, 7) is 3.73. The summed E-state index contributed by atoms with van der Waals surface area (Å²) < 4.78 is 32.5. The lowest BCUT2D eigenvalue weighted by molar-refractivity contribution is 0.0526. The van der Waals surface area contributed by atoms with Crippen molar-refractivity contribution in [1.82, 2.24) is 0 Å². The van der Waals surface area contributed by atoms with Crippen LogP contribution in [-0.2, 0) is 14.8 Å². The summed E-state index contributed by atoms with van der Waals surface area (Å²) >= 11 is 0. The first-order valence-electron chi connectivity index (χ1n) is 9.57. The van der Waals surface area contributed by atoms with Gasteiger partial charge in [-0.25, -0.2) is 13.2 Å². The molecule has 0 atom stereocenters. The summed E-state index contributed by atoms with van der Waals surface area (Å²) in [4.78, 5) is 24.4. The lowest BCUT2D eigenvalue weighted by Crippen LogP contribution is -2.15. The molecule has 7 nitrogen and oxygen atoms in total. The number of carbonyl (C=O) groups excluding carboxylic acids is 2. The molecule has 0 bridgehead atoms. The molecule has 2 N–H and O–H groups in total. The summed E-state index contributed by atoms with van der Waals surface area (Å²) in [5, 5.41) is 2.75. The molecule has 1 amide bonds. The van der Waals surface area contributed by atoms with Crippen molar-refractivity contribution in [3.05, 3.63) is 89.5 Å². The third-order valence-corrected chi connectivity index (χ3v) is 5.82. The van der Waals surface area contributed by atoms with Crippen molar-refractivity contribution >= 4 is 33.3 Å². The Kier molecular flexibility index (Phi) is 6.71. The van der Waals surface area contributed by atoms with E-state index in [1.807, 2.05) is 0 Å². The highest BCUT2D eigenvalue weighted by Gasteiger charge is 2.16. The number of aryl methyl sites for hydroxylation is 1. The second kappa shape index (κ2) is 9.44. The average molecular weight is 439 g/mol. The number of carbonyl (C=O) groups is 2. The van der Waals surface area contributed by atoms with Crippen LogP contribution in [0.1, 0.15) is 33.2 Å². The number of esters is 1. The standard InChI is InChI=1S/C23H22N2O5S/c1-3-30-23(27)17-9-12-19(13-10-17)24-22(26)18-11-14-21(16(2)15-18)25-31(28,29)20-7-5-4-6-8-20/h4-15,25H,3H2,1-2H3,(H,24,26). The minimum absolute atomic E-state index is 0.155. The van der Waals surface area contributed by atoms with Crippen molar-refractivity contribution in [3.63, 3.8) is 0 Å². The Bertz CT molecular complexity index is 1190. The van der Waals surface area contributed by atoms with Gasteiger partial charge in [-0.2, -0.15) is 0 Å². The maximum atomic E-state index is 12.6. The van der Waals surface area contributed by atoms with E-state index < -0.39 is 16.0 Å². The van der Waals surface area contributed by atoms with Crippen LogP contribution in [0, 0.1) is 6.92 Å². The third-order valence-electron chi connectivity index (χ3n) is 4.44. The first-order chi connectivity index (χ1) is 14.8. The number of rotatable bonds is 7. The smallest absolute Gasteiger partial charge is 0.338 e. The zero-order valence-corrected chi connectivity index (χ0v) is 17.9. The molecule has 31 heavy (non-hydrogen) atoms. The Labute approximate surface area is 181 Å². The first-order valence-corrected chi connectivity index (χ1v) is 11.1. The number of hydrogen-bond acceptors (Lipinski definition) is 5. The predicted molar refractivity (Wildman–Crippen MR) is 119 cm³/mol. The Hall–Kier alpha value is -3.65. The molecule has 8 heteroatoms. The van der Waals surface area contributed by atoms with Crippen molar-refractivity contribution in [2.75, 3.05) is 16.6 Å². The Morgan fingerprint density at radius 1 is 0.903 bits per heavy atom. The van der Waals surface area contributed by atoms with Gasteiger partial charge in [0.1, 0.15) is 0 Å². The van der Waals surface area contributed by atoms with E-state index in [2.05, 4.69) is 10.0 Å². The lowest BCUT2D eigenvalue weighted by atomic mass is 10.1. The van der Waals surface area contributed by atoms with Crippen LogP contribution in [0.3, 0.4) is 0 Å². The van der Waals surface area contributed by atoms with Crippen LogP contribution in [-0.4, -0.2) is 26.9 Å². The summed E-state index contributed by atoms with van der Waals surface area (Å²) in [5.41, 5.74) is 2.27. The summed E-state index contributed by atoms with van der Waals surface area (Å²) in [6.07, 6.45) is 0. The summed E-state index contributed by atoms with van der Waals surface area (Å²) in [5.74, 6) is -0.783. The van der Waals surface area contributed by atoms with Crippen LogP contribution < -0.4 is 10.0 Å². The zero-order chi connectivity index (χ0) is 22.4. The van der Waals surface area contributed by atoms with Crippen molar-refractivity contribution in [2.45, 2.75) is 18.7 Å². The zero-order valence-electron chi connectivity index (χ0n) is 17.1. The van der Waals surface area contributed by atoms with Crippen LogP contribution in [0.25, 0.3) is 0 Å². The molecule has 0 unspecified atom stereocenters. The van der Waals surface area contributed by atoms with Gasteiger partial charge in [-0.3, -0.25) is 9.52 Å². The van der Waals surface area contributed by atoms with Crippen molar-refractivity contribution in [2.24, 2.45) is 0 Å². The third kappa shape index (κ3) is 5.49. The van der Waals surface area contributed by atoms with Gasteiger partial charge in [-0.15, -0.1) is 0 Å².